The van der Waals surface area contributed by atoms with Crippen LogP contribution in [0.25, 0.3) is 0 Å². The highest BCUT2D eigenvalue weighted by molar-refractivity contribution is 9.10. The van der Waals surface area contributed by atoms with Crippen LogP contribution in [0.3, 0.4) is 0 Å². The van der Waals surface area contributed by atoms with Gasteiger partial charge in [-0.2, -0.15) is 0 Å². The summed E-state index contributed by atoms with van der Waals surface area (Å²) in [6, 6.07) is 6.73. The monoisotopic (exact) mass is 395 g/mol. The number of ether oxygens (including phenoxy) is 2. The summed E-state index contributed by atoms with van der Waals surface area (Å²) in [5.41, 5.74) is 0.577. The van der Waals surface area contributed by atoms with Gasteiger partial charge in [0.05, 0.1) is 25.1 Å². The van der Waals surface area contributed by atoms with E-state index in [1.165, 1.54) is 0 Å². The highest BCUT2D eigenvalue weighted by Gasteiger charge is 2.12. The third-order valence-corrected chi connectivity index (χ3v) is 3.98. The molecule has 8 heteroatoms. The minimum absolute atomic E-state index is 0.229. The molecule has 1 N–H and O–H groups in total. The van der Waals surface area contributed by atoms with Crippen LogP contribution in [0.15, 0.2) is 39.5 Å². The van der Waals surface area contributed by atoms with Crippen LogP contribution in [0.5, 0.6) is 5.88 Å². The molecule has 0 saturated carbocycles. The number of hydrogen-bond donors (Lipinski definition) is 1. The number of aromatic nitrogens is 1. The number of hydrogen-bond acceptors (Lipinski definition) is 6. The van der Waals surface area contributed by atoms with E-state index in [0.29, 0.717) is 22.8 Å². The normalized spacial score (nSPS) is 15.2. The average Bonchev–Trinajstić information content (AvgIpc) is 3.04. The third-order valence-electron chi connectivity index (χ3n) is 3.55. The molecule has 0 radical (unpaired) electrons. The van der Waals surface area contributed by atoms with Crippen LogP contribution < -0.4 is 10.1 Å². The van der Waals surface area contributed by atoms with Crippen molar-refractivity contribution in [3.63, 3.8) is 0 Å². The second-order valence-corrected chi connectivity index (χ2v) is 6.03. The molecule has 128 valence electrons. The lowest BCUT2D eigenvalue weighted by atomic mass is 10.3. The molecule has 0 unspecified atom stereocenters. The first-order valence-corrected chi connectivity index (χ1v) is 8.46. The van der Waals surface area contributed by atoms with Crippen molar-refractivity contribution in [2.75, 3.05) is 44.8 Å². The first-order valence-electron chi connectivity index (χ1n) is 7.66. The van der Waals surface area contributed by atoms with Crippen molar-refractivity contribution in [1.29, 1.82) is 0 Å². The van der Waals surface area contributed by atoms with E-state index in [-0.39, 0.29) is 11.7 Å². The number of amides is 1. The van der Waals surface area contributed by atoms with Crippen molar-refractivity contribution in [3.05, 3.63) is 40.9 Å². The van der Waals surface area contributed by atoms with Gasteiger partial charge in [-0.1, -0.05) is 0 Å². The van der Waals surface area contributed by atoms with Gasteiger partial charge in [0.15, 0.2) is 10.4 Å². The molecule has 2 aromatic rings. The Morgan fingerprint density at radius 2 is 2.12 bits per heavy atom. The fourth-order valence-corrected chi connectivity index (χ4v) is 2.58. The molecular formula is C16H18BrN3O4. The van der Waals surface area contributed by atoms with E-state index in [0.717, 1.165) is 32.8 Å². The van der Waals surface area contributed by atoms with E-state index in [1.807, 2.05) is 0 Å². The second-order valence-electron chi connectivity index (χ2n) is 5.25. The predicted molar refractivity (Wildman–Crippen MR) is 91.4 cm³/mol. The van der Waals surface area contributed by atoms with Crippen LogP contribution in [-0.4, -0.2) is 55.2 Å². The number of rotatable bonds is 6. The molecule has 0 spiro atoms. The van der Waals surface area contributed by atoms with E-state index in [9.17, 15) is 4.79 Å². The number of furan rings is 1. The molecule has 24 heavy (non-hydrogen) atoms. The number of nitrogens with zero attached hydrogens (tertiary/aromatic N) is 2. The van der Waals surface area contributed by atoms with E-state index in [1.54, 1.807) is 30.5 Å². The van der Waals surface area contributed by atoms with E-state index < -0.39 is 0 Å². The van der Waals surface area contributed by atoms with Crippen LogP contribution in [0.1, 0.15) is 10.6 Å². The summed E-state index contributed by atoms with van der Waals surface area (Å²) >= 11 is 3.16. The SMILES string of the molecule is O=C(Nc1ccc(OCCN2CCOCC2)nc1)c1ccc(Br)o1. The van der Waals surface area contributed by atoms with Gasteiger partial charge in [-0.15, -0.1) is 0 Å². The summed E-state index contributed by atoms with van der Waals surface area (Å²) in [6.45, 7) is 4.84. The predicted octanol–water partition coefficient (Wildman–Crippen LogP) is 2.40. The summed E-state index contributed by atoms with van der Waals surface area (Å²) in [6.07, 6.45) is 1.56. The van der Waals surface area contributed by atoms with Gasteiger partial charge in [0.25, 0.3) is 5.91 Å². The molecule has 0 bridgehead atoms. The molecule has 0 atom stereocenters. The number of anilines is 1. The topological polar surface area (TPSA) is 76.8 Å². The molecule has 2 aromatic heterocycles. The molecule has 1 fully saturated rings. The molecule has 7 nitrogen and oxygen atoms in total. The standard InChI is InChI=1S/C16H18BrN3O4/c17-14-3-2-13(24-14)16(21)19-12-1-4-15(18-11-12)23-10-7-20-5-8-22-9-6-20/h1-4,11H,5-10H2,(H,19,21). The maximum absolute atomic E-state index is 12.0. The van der Waals surface area contributed by atoms with Crippen molar-refractivity contribution < 1.29 is 18.7 Å². The van der Waals surface area contributed by atoms with Gasteiger partial charge in [-0.25, -0.2) is 4.98 Å². The number of nitrogens with one attached hydrogen (secondary N) is 1. The van der Waals surface area contributed by atoms with Gasteiger partial charge in [0.2, 0.25) is 5.88 Å². The van der Waals surface area contributed by atoms with Crippen LogP contribution in [0, 0.1) is 0 Å². The molecule has 1 amide bonds. The van der Waals surface area contributed by atoms with Crippen molar-refractivity contribution in [3.8, 4) is 5.88 Å². The van der Waals surface area contributed by atoms with Gasteiger partial charge in [-0.05, 0) is 34.1 Å². The fraction of sp³-hybridized carbons (Fsp3) is 0.375. The fourth-order valence-electron chi connectivity index (χ4n) is 2.27. The molecule has 1 saturated heterocycles. The maximum Gasteiger partial charge on any atom is 0.291 e. The van der Waals surface area contributed by atoms with Crippen LogP contribution in [0.2, 0.25) is 0 Å². The van der Waals surface area contributed by atoms with E-state index >= 15 is 0 Å². The number of carbonyl (C=O) groups excluding carboxylic acids is 1. The van der Waals surface area contributed by atoms with Crippen molar-refractivity contribution in [2.45, 2.75) is 0 Å². The van der Waals surface area contributed by atoms with Crippen molar-refractivity contribution in [1.82, 2.24) is 9.88 Å². The number of pyridine rings is 1. The van der Waals surface area contributed by atoms with Gasteiger partial charge in [0, 0.05) is 25.7 Å². The Balaban J connectivity index is 1.45. The highest BCUT2D eigenvalue weighted by atomic mass is 79.9. The van der Waals surface area contributed by atoms with E-state index in [4.69, 9.17) is 13.9 Å². The Morgan fingerprint density at radius 1 is 1.29 bits per heavy atom. The quantitative estimate of drug-likeness (QED) is 0.808. The first-order chi connectivity index (χ1) is 11.7. The van der Waals surface area contributed by atoms with E-state index in [2.05, 4.69) is 31.1 Å². The summed E-state index contributed by atoms with van der Waals surface area (Å²) in [5.74, 6) is 0.429. The molecule has 3 rings (SSSR count). The Bertz CT molecular complexity index is 668. The minimum Gasteiger partial charge on any atom is -0.476 e. The van der Waals surface area contributed by atoms with Gasteiger partial charge in [0.1, 0.15) is 6.61 Å². The zero-order valence-corrected chi connectivity index (χ0v) is 14.6. The smallest absolute Gasteiger partial charge is 0.291 e. The van der Waals surface area contributed by atoms with Crippen molar-refractivity contribution in [2.24, 2.45) is 0 Å². The van der Waals surface area contributed by atoms with Crippen molar-refractivity contribution >= 4 is 27.5 Å². The summed E-state index contributed by atoms with van der Waals surface area (Å²) in [7, 11) is 0. The summed E-state index contributed by atoms with van der Waals surface area (Å²) < 4.78 is 16.6. The van der Waals surface area contributed by atoms with Crippen LogP contribution >= 0.6 is 15.9 Å². The van der Waals surface area contributed by atoms with Crippen LogP contribution in [0.4, 0.5) is 5.69 Å². The minimum atomic E-state index is -0.330. The largest absolute Gasteiger partial charge is 0.476 e. The molecule has 0 aromatic carbocycles. The summed E-state index contributed by atoms with van der Waals surface area (Å²) in [5, 5.41) is 2.71. The molecule has 3 heterocycles. The lowest BCUT2D eigenvalue weighted by Crippen LogP contribution is -2.38. The molecule has 1 aliphatic heterocycles. The Kier molecular flexibility index (Phi) is 5.84. The van der Waals surface area contributed by atoms with Gasteiger partial charge < -0.3 is 19.2 Å². The zero-order chi connectivity index (χ0) is 16.8. The zero-order valence-electron chi connectivity index (χ0n) is 13.0. The number of morpholine rings is 1. The Hall–Kier alpha value is -1.90. The second kappa shape index (κ2) is 8.27. The van der Waals surface area contributed by atoms with Gasteiger partial charge >= 0.3 is 0 Å². The molecule has 1 aliphatic rings. The lowest BCUT2D eigenvalue weighted by Gasteiger charge is -2.26. The molecule has 0 aliphatic carbocycles. The lowest BCUT2D eigenvalue weighted by molar-refractivity contribution is 0.0320. The Morgan fingerprint density at radius 3 is 2.79 bits per heavy atom. The van der Waals surface area contributed by atoms with Crippen LogP contribution in [-0.2, 0) is 4.74 Å². The van der Waals surface area contributed by atoms with Gasteiger partial charge in [-0.3, -0.25) is 9.69 Å². The number of halogens is 1. The summed E-state index contributed by atoms with van der Waals surface area (Å²) in [4.78, 5) is 18.4. The highest BCUT2D eigenvalue weighted by Crippen LogP contribution is 2.17. The average molecular weight is 396 g/mol. The third kappa shape index (κ3) is 4.80. The first kappa shape index (κ1) is 16.9. The molecular weight excluding hydrogens is 378 g/mol. The number of carbonyl (C=O) groups is 1. The maximum atomic E-state index is 12.0. The Labute approximate surface area is 148 Å².